The molecule has 7 heteroatoms. The average molecular weight is 270 g/mol. The molecule has 0 radical (unpaired) electrons. The Morgan fingerprint density at radius 1 is 1.25 bits per heavy atom. The lowest BCUT2D eigenvalue weighted by Gasteiger charge is -2.01. The minimum atomic E-state index is -0.466. The molecule has 1 aromatic carbocycles. The molecule has 0 saturated carbocycles. The van der Waals surface area contributed by atoms with Crippen molar-refractivity contribution < 1.29 is 14.1 Å². The molecule has 20 heavy (non-hydrogen) atoms. The molecule has 100 valence electrons. The maximum Gasteiger partial charge on any atom is 0.358 e. The Balaban J connectivity index is 1.88. The number of rotatable bonds is 3. The number of nitrogens with zero attached hydrogens (tertiary/aromatic N) is 4. The van der Waals surface area contributed by atoms with Gasteiger partial charge in [0.1, 0.15) is 0 Å². The monoisotopic (exact) mass is 270 g/mol. The number of hydrogen-bond acceptors (Lipinski definition) is 6. The number of hydrogen-bond donors (Lipinski definition) is 0. The zero-order valence-electron chi connectivity index (χ0n) is 10.6. The summed E-state index contributed by atoms with van der Waals surface area (Å²) in [6.45, 7) is 0. The van der Waals surface area contributed by atoms with Crippen molar-refractivity contribution in [1.82, 2.24) is 19.9 Å². The summed E-state index contributed by atoms with van der Waals surface area (Å²) >= 11 is 0. The first-order valence-electron chi connectivity index (χ1n) is 5.79. The highest BCUT2D eigenvalue weighted by atomic mass is 16.5. The van der Waals surface area contributed by atoms with E-state index < -0.39 is 5.97 Å². The minimum Gasteiger partial charge on any atom is -0.464 e. The molecule has 0 unspecified atom stereocenters. The first-order valence-corrected chi connectivity index (χ1v) is 5.79. The van der Waals surface area contributed by atoms with Crippen LogP contribution in [0.5, 0.6) is 0 Å². The van der Waals surface area contributed by atoms with Crippen molar-refractivity contribution in [2.45, 2.75) is 0 Å². The van der Waals surface area contributed by atoms with Gasteiger partial charge in [-0.05, 0) is 30.3 Å². The summed E-state index contributed by atoms with van der Waals surface area (Å²) < 4.78 is 10.9. The maximum absolute atomic E-state index is 11.3. The highest BCUT2D eigenvalue weighted by Gasteiger charge is 2.10. The fourth-order valence-electron chi connectivity index (χ4n) is 1.74. The van der Waals surface area contributed by atoms with Crippen molar-refractivity contribution in [1.29, 1.82) is 0 Å². The third-order valence-electron chi connectivity index (χ3n) is 2.73. The van der Waals surface area contributed by atoms with Crippen LogP contribution >= 0.6 is 0 Å². The molecule has 3 aromatic rings. The van der Waals surface area contributed by atoms with Crippen molar-refractivity contribution in [3.05, 3.63) is 48.6 Å². The molecule has 0 saturated heterocycles. The van der Waals surface area contributed by atoms with E-state index in [0.29, 0.717) is 5.82 Å². The van der Waals surface area contributed by atoms with Crippen LogP contribution < -0.4 is 0 Å². The molecule has 0 N–H and O–H groups in total. The second kappa shape index (κ2) is 4.96. The first-order chi connectivity index (χ1) is 9.78. The van der Waals surface area contributed by atoms with Gasteiger partial charge in [0.05, 0.1) is 12.8 Å². The summed E-state index contributed by atoms with van der Waals surface area (Å²) in [5.41, 5.74) is 1.91. The summed E-state index contributed by atoms with van der Waals surface area (Å²) in [5.74, 6) is 0.0550. The first kappa shape index (κ1) is 12.1. The number of carbonyl (C=O) groups is 1. The second-order valence-electron chi connectivity index (χ2n) is 3.94. The van der Waals surface area contributed by atoms with Gasteiger partial charge in [-0.3, -0.25) is 0 Å². The van der Waals surface area contributed by atoms with E-state index in [9.17, 15) is 4.79 Å². The van der Waals surface area contributed by atoms with Crippen molar-refractivity contribution in [3.8, 4) is 17.1 Å². The molecule has 0 spiro atoms. The normalized spacial score (nSPS) is 10.4. The molecule has 0 aliphatic rings. The minimum absolute atomic E-state index is 0.259. The fourth-order valence-corrected chi connectivity index (χ4v) is 1.74. The highest BCUT2D eigenvalue weighted by molar-refractivity contribution is 5.86. The van der Waals surface area contributed by atoms with E-state index in [-0.39, 0.29) is 5.69 Å². The molecule has 0 aliphatic heterocycles. The number of benzene rings is 1. The molecule has 7 nitrogen and oxygen atoms in total. The number of methoxy groups -OCH3 is 1. The van der Waals surface area contributed by atoms with Gasteiger partial charge >= 0.3 is 5.97 Å². The third-order valence-corrected chi connectivity index (χ3v) is 2.73. The highest BCUT2D eigenvalue weighted by Crippen LogP contribution is 2.17. The van der Waals surface area contributed by atoms with Gasteiger partial charge < -0.3 is 9.26 Å². The van der Waals surface area contributed by atoms with Gasteiger partial charge in [-0.1, -0.05) is 5.16 Å². The van der Waals surface area contributed by atoms with Crippen LogP contribution in [0.4, 0.5) is 0 Å². The van der Waals surface area contributed by atoms with Crippen LogP contribution in [0.15, 0.2) is 47.4 Å². The van der Waals surface area contributed by atoms with Crippen LogP contribution in [0, 0.1) is 0 Å². The van der Waals surface area contributed by atoms with Gasteiger partial charge in [0.25, 0.3) is 0 Å². The molecule has 0 amide bonds. The number of aromatic nitrogens is 4. The molecule has 0 aliphatic carbocycles. The summed E-state index contributed by atoms with van der Waals surface area (Å²) in [7, 11) is 1.32. The fraction of sp³-hybridized carbons (Fsp3) is 0.0769. The van der Waals surface area contributed by atoms with Crippen LogP contribution in [0.3, 0.4) is 0 Å². The van der Waals surface area contributed by atoms with E-state index in [4.69, 9.17) is 4.52 Å². The third kappa shape index (κ3) is 2.16. The zero-order valence-corrected chi connectivity index (χ0v) is 10.6. The van der Waals surface area contributed by atoms with E-state index in [0.717, 1.165) is 11.3 Å². The summed E-state index contributed by atoms with van der Waals surface area (Å²) in [6, 6.07) is 8.98. The molecule has 0 fully saturated rings. The average Bonchev–Trinajstić information content (AvgIpc) is 3.18. The lowest BCUT2D eigenvalue weighted by atomic mass is 10.2. The van der Waals surface area contributed by atoms with E-state index in [1.54, 1.807) is 16.9 Å². The lowest BCUT2D eigenvalue weighted by molar-refractivity contribution is 0.0593. The lowest BCUT2D eigenvalue weighted by Crippen LogP contribution is -2.03. The van der Waals surface area contributed by atoms with Crippen LogP contribution in [0.2, 0.25) is 0 Å². The number of ether oxygens (including phenoxy) is 1. The number of carbonyl (C=O) groups excluding carboxylic acids is 1. The number of esters is 1. The van der Waals surface area contributed by atoms with Crippen molar-refractivity contribution in [2.24, 2.45) is 0 Å². The largest absolute Gasteiger partial charge is 0.464 e. The Bertz CT molecular complexity index is 716. The van der Waals surface area contributed by atoms with E-state index in [1.807, 2.05) is 24.3 Å². The smallest absolute Gasteiger partial charge is 0.358 e. The molecule has 2 aromatic heterocycles. The molecular weight excluding hydrogens is 260 g/mol. The Morgan fingerprint density at radius 2 is 2.05 bits per heavy atom. The molecule has 2 heterocycles. The second-order valence-corrected chi connectivity index (χ2v) is 3.94. The van der Waals surface area contributed by atoms with E-state index in [2.05, 4.69) is 20.0 Å². The quantitative estimate of drug-likeness (QED) is 0.674. The van der Waals surface area contributed by atoms with Gasteiger partial charge in [-0.15, -0.1) is 0 Å². The topological polar surface area (TPSA) is 83.0 Å². The Labute approximate surface area is 113 Å². The SMILES string of the molecule is COC(=O)c1ccn(-c2ccc(-c3ncon3)cc2)n1. The summed E-state index contributed by atoms with van der Waals surface area (Å²) in [4.78, 5) is 15.3. The Kier molecular flexibility index (Phi) is 3.00. The van der Waals surface area contributed by atoms with Crippen LogP contribution in [-0.4, -0.2) is 33.0 Å². The summed E-state index contributed by atoms with van der Waals surface area (Å²) in [6.07, 6.45) is 2.97. The van der Waals surface area contributed by atoms with Gasteiger partial charge in [0, 0.05) is 11.8 Å². The Morgan fingerprint density at radius 3 is 2.70 bits per heavy atom. The summed E-state index contributed by atoms with van der Waals surface area (Å²) in [5, 5.41) is 7.89. The predicted molar refractivity (Wildman–Crippen MR) is 68.2 cm³/mol. The van der Waals surface area contributed by atoms with Gasteiger partial charge in [-0.25, -0.2) is 9.48 Å². The van der Waals surface area contributed by atoms with Crippen molar-refractivity contribution in [2.75, 3.05) is 7.11 Å². The maximum atomic E-state index is 11.3. The van der Waals surface area contributed by atoms with Crippen LogP contribution in [0.1, 0.15) is 10.5 Å². The van der Waals surface area contributed by atoms with Gasteiger partial charge in [-0.2, -0.15) is 10.1 Å². The molecule has 0 bridgehead atoms. The van der Waals surface area contributed by atoms with Crippen LogP contribution in [-0.2, 0) is 4.74 Å². The molecule has 3 rings (SSSR count). The zero-order chi connectivity index (χ0) is 13.9. The molecule has 0 atom stereocenters. The molecular formula is C13H10N4O3. The van der Waals surface area contributed by atoms with Crippen LogP contribution in [0.25, 0.3) is 17.1 Å². The van der Waals surface area contributed by atoms with Gasteiger partial charge in [0.15, 0.2) is 5.69 Å². The standard InChI is InChI=1S/C13H10N4O3/c1-19-13(18)11-6-7-17(15-11)10-4-2-9(3-5-10)12-14-8-20-16-12/h2-8H,1H3. The van der Waals surface area contributed by atoms with E-state index in [1.165, 1.54) is 13.5 Å². The predicted octanol–water partition coefficient (Wildman–Crippen LogP) is 1.71. The van der Waals surface area contributed by atoms with Crippen molar-refractivity contribution in [3.63, 3.8) is 0 Å². The van der Waals surface area contributed by atoms with Crippen molar-refractivity contribution >= 4 is 5.97 Å². The van der Waals surface area contributed by atoms with Gasteiger partial charge in [0.2, 0.25) is 12.2 Å². The van der Waals surface area contributed by atoms with E-state index >= 15 is 0 Å². The Hall–Kier alpha value is -2.96.